The van der Waals surface area contributed by atoms with Crippen LogP contribution in [0.4, 0.5) is 22.7 Å². The Hall–Kier alpha value is -5.64. The van der Waals surface area contributed by atoms with Crippen LogP contribution in [0.2, 0.25) is 0 Å². The van der Waals surface area contributed by atoms with Crippen molar-refractivity contribution < 1.29 is 36.8 Å². The maximum absolute atomic E-state index is 8.57. The van der Waals surface area contributed by atoms with Crippen molar-refractivity contribution in [2.75, 3.05) is 9.80 Å². The van der Waals surface area contributed by atoms with Crippen molar-refractivity contribution >= 4 is 44.6 Å². The Morgan fingerprint density at radius 2 is 1.39 bits per heavy atom. The van der Waals surface area contributed by atoms with E-state index in [0.717, 1.165) is 39.0 Å². The van der Waals surface area contributed by atoms with E-state index in [1.165, 1.54) is 23.4 Å². The molecule has 6 heteroatoms. The van der Waals surface area contributed by atoms with Gasteiger partial charge in [-0.1, -0.05) is 114 Å². The molecule has 0 bridgehead atoms. The second-order valence-electron chi connectivity index (χ2n) is 16.1. The summed E-state index contributed by atoms with van der Waals surface area (Å²) < 4.78 is 75.4. The second-order valence-corrected chi connectivity index (χ2v) is 16.1. The fourth-order valence-electron chi connectivity index (χ4n) is 7.20. The van der Waals surface area contributed by atoms with E-state index in [0.29, 0.717) is 17.0 Å². The summed E-state index contributed by atoms with van der Waals surface area (Å²) in [6.07, 6.45) is 1.27. The van der Waals surface area contributed by atoms with Crippen molar-refractivity contribution in [3.63, 3.8) is 0 Å². The summed E-state index contributed by atoms with van der Waals surface area (Å²) in [6, 6.07) is 37.9. The summed E-state index contributed by atoms with van der Waals surface area (Å²) in [7, 11) is 0. The number of aromatic nitrogens is 2. The van der Waals surface area contributed by atoms with Crippen LogP contribution < -0.4 is 14.5 Å². The molecule has 3 heterocycles. The number of pyridine rings is 1. The predicted octanol–water partition coefficient (Wildman–Crippen LogP) is 13.5. The normalized spacial score (nSPS) is 15.1. The Balaban J connectivity index is 0.00000576. The SMILES string of the molecule is [2H]c1c([2H])c([2H])c(-c2cnc(-n3c4[c-]c(Oc5[c-]c(N6[CH-]N(c7cc(C(C)(C)C)cc(C(C)(C)C)c7)c7ccccc76)ccc5)ccc4c4ccccc43)cc2C([2H])([2H])[2H])c([2H])c1[2H].[Pt]. The molecular weight excluding hydrogens is 880 g/mol. The summed E-state index contributed by atoms with van der Waals surface area (Å²) in [5.41, 5.74) is 7.07. The number of ether oxygens (including phenoxy) is 1. The summed E-state index contributed by atoms with van der Waals surface area (Å²) in [5, 5.41) is 1.69. The molecule has 0 unspecified atom stereocenters. The number of benzene rings is 6. The summed E-state index contributed by atoms with van der Waals surface area (Å²) in [6.45, 7) is 12.8. The van der Waals surface area contributed by atoms with Gasteiger partial charge in [-0.3, -0.25) is 0 Å². The van der Waals surface area contributed by atoms with Gasteiger partial charge in [-0.25, -0.2) is 4.98 Å². The molecule has 1 aliphatic rings. The molecule has 1 aliphatic heterocycles. The third-order valence-electron chi connectivity index (χ3n) is 10.2. The zero-order valence-corrected chi connectivity index (χ0v) is 34.8. The van der Waals surface area contributed by atoms with Gasteiger partial charge in [-0.2, -0.15) is 12.1 Å². The Kier molecular flexibility index (Phi) is 7.63. The molecule has 0 saturated heterocycles. The Labute approximate surface area is 362 Å². The maximum atomic E-state index is 8.57. The molecule has 5 nitrogen and oxygen atoms in total. The molecule has 2 aromatic heterocycles. The third kappa shape index (κ3) is 7.15. The molecule has 9 rings (SSSR count). The molecule has 0 saturated carbocycles. The summed E-state index contributed by atoms with van der Waals surface area (Å²) >= 11 is 0. The minimum absolute atomic E-state index is 0. The van der Waals surface area contributed by atoms with E-state index >= 15 is 0 Å². The number of hydrogen-bond donors (Lipinski definition) is 0. The monoisotopic (exact) mass is 932 g/mol. The molecule has 288 valence electrons. The van der Waals surface area contributed by atoms with Crippen molar-refractivity contribution in [1.82, 2.24) is 9.55 Å². The van der Waals surface area contributed by atoms with E-state index in [1.54, 1.807) is 4.57 Å². The topological polar surface area (TPSA) is 33.5 Å². The minimum atomic E-state index is -2.73. The minimum Gasteiger partial charge on any atom is -0.509 e. The van der Waals surface area contributed by atoms with Crippen LogP contribution in [0, 0.1) is 25.7 Å². The number of rotatable bonds is 6. The van der Waals surface area contributed by atoms with E-state index in [9.17, 15) is 0 Å². The molecule has 0 aliphatic carbocycles. The van der Waals surface area contributed by atoms with Gasteiger partial charge >= 0.3 is 0 Å². The number of hydrogen-bond acceptors (Lipinski definition) is 4. The van der Waals surface area contributed by atoms with E-state index in [4.69, 9.17) is 15.7 Å². The molecule has 0 amide bonds. The van der Waals surface area contributed by atoms with Crippen molar-refractivity contribution in [2.45, 2.75) is 59.2 Å². The maximum Gasteiger partial charge on any atom is 0.135 e. The van der Waals surface area contributed by atoms with E-state index < -0.39 is 37.1 Å². The average Bonchev–Trinajstić information content (AvgIpc) is 3.80. The predicted molar refractivity (Wildman–Crippen MR) is 232 cm³/mol. The van der Waals surface area contributed by atoms with Gasteiger partial charge in [-0.05, 0) is 81.7 Å². The van der Waals surface area contributed by atoms with E-state index in [1.807, 2.05) is 66.7 Å². The van der Waals surface area contributed by atoms with Crippen LogP contribution in [0.3, 0.4) is 0 Å². The van der Waals surface area contributed by atoms with Crippen LogP contribution in [0.1, 0.15) is 69.2 Å². The van der Waals surface area contributed by atoms with E-state index in [-0.39, 0.29) is 54.4 Å². The molecule has 6 aromatic carbocycles. The van der Waals surface area contributed by atoms with Gasteiger partial charge in [0.05, 0.1) is 6.85 Å². The molecule has 0 radical (unpaired) electrons. The van der Waals surface area contributed by atoms with Crippen LogP contribution in [-0.2, 0) is 31.9 Å². The summed E-state index contributed by atoms with van der Waals surface area (Å²) in [5.74, 6) is 1.08. The van der Waals surface area contributed by atoms with Gasteiger partial charge < -0.3 is 19.1 Å². The Morgan fingerprint density at radius 1 is 0.702 bits per heavy atom. The molecule has 0 fully saturated rings. The van der Waals surface area contributed by atoms with Crippen LogP contribution in [0.15, 0.2) is 140 Å². The van der Waals surface area contributed by atoms with Crippen molar-refractivity contribution in [1.29, 1.82) is 0 Å². The Morgan fingerprint density at radius 3 is 2.11 bits per heavy atom. The number of nitrogens with zero attached hydrogens (tertiary/aromatic N) is 4. The van der Waals surface area contributed by atoms with Gasteiger partial charge in [0.1, 0.15) is 5.82 Å². The second kappa shape index (κ2) is 14.7. The quantitative estimate of drug-likeness (QED) is 0.156. The smallest absolute Gasteiger partial charge is 0.135 e. The van der Waals surface area contributed by atoms with Gasteiger partial charge in [0.15, 0.2) is 0 Å². The number of aryl methyl sites for hydroxylation is 1. The fraction of sp³-hybridized carbons (Fsp3) is 0.176. The van der Waals surface area contributed by atoms with Crippen molar-refractivity contribution in [3.05, 3.63) is 175 Å². The molecule has 8 aromatic rings. The first-order valence-electron chi connectivity index (χ1n) is 22.6. The Bertz CT molecular complexity index is 3110. The summed E-state index contributed by atoms with van der Waals surface area (Å²) in [4.78, 5) is 9.02. The fourth-order valence-corrected chi connectivity index (χ4v) is 7.20. The molecule has 0 atom stereocenters. The first kappa shape index (κ1) is 29.6. The van der Waals surface area contributed by atoms with Gasteiger partial charge in [0.25, 0.3) is 0 Å². The standard InChI is InChI=1S/C51H45N4O.Pt/c1-34-26-49(52-32-44(34)35-16-9-8-10-17-35)55-45-21-12-11-20-42(45)43-25-24-41(31-48(43)55)56-40-19-15-18-38(30-40)53-33-54(47-23-14-13-22-46(47)53)39-28-36(50(2,3)4)27-37(29-39)51(5,6)7;/h8-29,32-33H,1-7H3;/q-3;/i1D3,8D,9D,10D,16D,17D;. The average molecular weight is 933 g/mol. The van der Waals surface area contributed by atoms with Crippen LogP contribution in [0.25, 0.3) is 38.8 Å². The largest absolute Gasteiger partial charge is 0.509 e. The van der Waals surface area contributed by atoms with Crippen LogP contribution in [0.5, 0.6) is 11.5 Å². The van der Waals surface area contributed by atoms with E-state index in [2.05, 4.69) is 105 Å². The van der Waals surface area contributed by atoms with Gasteiger partial charge in [0, 0.05) is 71.0 Å². The first-order chi connectivity index (χ1) is 30.2. The molecule has 0 N–H and O–H groups in total. The zero-order chi connectivity index (χ0) is 45.6. The van der Waals surface area contributed by atoms with Crippen LogP contribution in [-0.4, -0.2) is 9.55 Å². The number of para-hydroxylation sites is 3. The van der Waals surface area contributed by atoms with Crippen molar-refractivity contribution in [3.8, 4) is 28.4 Å². The zero-order valence-electron chi connectivity index (χ0n) is 40.5. The number of anilines is 4. The van der Waals surface area contributed by atoms with Crippen molar-refractivity contribution in [2.24, 2.45) is 0 Å². The van der Waals surface area contributed by atoms with Crippen LogP contribution >= 0.6 is 0 Å². The van der Waals surface area contributed by atoms with Gasteiger partial charge in [-0.15, -0.1) is 48.1 Å². The third-order valence-corrected chi connectivity index (χ3v) is 10.2. The molecule has 57 heavy (non-hydrogen) atoms. The first-order valence-corrected chi connectivity index (χ1v) is 18.6. The molecular formula is C51H45N4OPt-3. The van der Waals surface area contributed by atoms with Gasteiger partial charge in [0.2, 0.25) is 0 Å². The molecule has 0 spiro atoms. The number of fused-ring (bicyclic) bond motifs is 4.